The minimum atomic E-state index is -0.497. The number of nitro benzene ring substituents is 1. The number of guanidine groups is 1. The SMILES string of the molecule is N=C(NC=O)Nc1cc(-c2ccccc2)nc2c([N+](=O)[O-])cccc12. The summed E-state index contributed by atoms with van der Waals surface area (Å²) >= 11 is 0. The van der Waals surface area contributed by atoms with Gasteiger partial charge in [-0.3, -0.25) is 25.6 Å². The topological polar surface area (TPSA) is 121 Å². The normalized spacial score (nSPS) is 10.2. The van der Waals surface area contributed by atoms with E-state index in [9.17, 15) is 14.9 Å². The molecule has 0 bridgehead atoms. The number of fused-ring (bicyclic) bond motifs is 1. The van der Waals surface area contributed by atoms with Crippen molar-refractivity contribution in [1.82, 2.24) is 10.3 Å². The van der Waals surface area contributed by atoms with Gasteiger partial charge in [0.15, 0.2) is 11.5 Å². The first-order valence-electron chi connectivity index (χ1n) is 7.29. The zero-order valence-corrected chi connectivity index (χ0v) is 12.9. The molecule has 1 heterocycles. The molecule has 0 unspecified atom stereocenters. The van der Waals surface area contributed by atoms with Crippen LogP contribution in [0.25, 0.3) is 22.2 Å². The number of para-hydroxylation sites is 1. The molecule has 3 aromatic rings. The highest BCUT2D eigenvalue weighted by Crippen LogP contribution is 2.32. The summed E-state index contributed by atoms with van der Waals surface area (Å²) in [5, 5.41) is 24.5. The molecule has 3 N–H and O–H groups in total. The molecule has 0 aliphatic carbocycles. The number of hydrogen-bond donors (Lipinski definition) is 3. The molecule has 1 amide bonds. The maximum Gasteiger partial charge on any atom is 0.295 e. The first-order valence-corrected chi connectivity index (χ1v) is 7.29. The van der Waals surface area contributed by atoms with Crippen molar-refractivity contribution in [3.63, 3.8) is 0 Å². The van der Waals surface area contributed by atoms with E-state index in [2.05, 4.69) is 15.6 Å². The van der Waals surface area contributed by atoms with Crippen LogP contribution in [-0.4, -0.2) is 22.3 Å². The Labute approximate surface area is 142 Å². The lowest BCUT2D eigenvalue weighted by molar-refractivity contribution is -0.383. The van der Waals surface area contributed by atoms with E-state index in [0.717, 1.165) is 5.56 Å². The third kappa shape index (κ3) is 3.27. The minimum Gasteiger partial charge on any atom is -0.325 e. The van der Waals surface area contributed by atoms with E-state index in [1.54, 1.807) is 18.2 Å². The van der Waals surface area contributed by atoms with E-state index in [0.29, 0.717) is 23.2 Å². The second-order valence-electron chi connectivity index (χ2n) is 5.11. The van der Waals surface area contributed by atoms with E-state index in [4.69, 9.17) is 5.41 Å². The van der Waals surface area contributed by atoms with Gasteiger partial charge in [-0.15, -0.1) is 0 Å². The molecule has 0 aliphatic heterocycles. The fourth-order valence-corrected chi connectivity index (χ4v) is 2.47. The summed E-state index contributed by atoms with van der Waals surface area (Å²) in [4.78, 5) is 25.8. The van der Waals surface area contributed by atoms with Gasteiger partial charge >= 0.3 is 0 Å². The predicted molar refractivity (Wildman–Crippen MR) is 94.4 cm³/mol. The fourth-order valence-electron chi connectivity index (χ4n) is 2.47. The molecule has 0 saturated heterocycles. The van der Waals surface area contributed by atoms with Gasteiger partial charge < -0.3 is 5.32 Å². The molecule has 0 radical (unpaired) electrons. The van der Waals surface area contributed by atoms with E-state index in [1.807, 2.05) is 30.3 Å². The van der Waals surface area contributed by atoms with Gasteiger partial charge in [-0.05, 0) is 6.07 Å². The third-order valence-electron chi connectivity index (χ3n) is 3.55. The van der Waals surface area contributed by atoms with Crippen molar-refractivity contribution in [2.24, 2.45) is 0 Å². The van der Waals surface area contributed by atoms with Crippen LogP contribution in [0.3, 0.4) is 0 Å². The lowest BCUT2D eigenvalue weighted by Crippen LogP contribution is -2.28. The Bertz CT molecular complexity index is 973. The molecule has 124 valence electrons. The highest BCUT2D eigenvalue weighted by molar-refractivity contribution is 6.06. The molecular weight excluding hydrogens is 322 g/mol. The van der Waals surface area contributed by atoms with Crippen molar-refractivity contribution in [2.75, 3.05) is 5.32 Å². The number of rotatable bonds is 4. The Kier molecular flexibility index (Phi) is 4.34. The van der Waals surface area contributed by atoms with Crippen LogP contribution in [0.15, 0.2) is 54.6 Å². The molecule has 2 aromatic carbocycles. The van der Waals surface area contributed by atoms with Gasteiger partial charge in [-0.1, -0.05) is 42.5 Å². The molecule has 0 aliphatic rings. The molecule has 0 saturated carbocycles. The van der Waals surface area contributed by atoms with Crippen LogP contribution in [0.2, 0.25) is 0 Å². The quantitative estimate of drug-likeness (QED) is 0.222. The molecule has 8 heteroatoms. The number of non-ortho nitro benzene ring substituents is 1. The molecule has 0 spiro atoms. The van der Waals surface area contributed by atoms with Gasteiger partial charge in [-0.2, -0.15) is 0 Å². The summed E-state index contributed by atoms with van der Waals surface area (Å²) in [6.45, 7) is 0. The highest BCUT2D eigenvalue weighted by atomic mass is 16.6. The molecule has 0 atom stereocenters. The number of benzene rings is 2. The Morgan fingerprint density at radius 2 is 1.92 bits per heavy atom. The summed E-state index contributed by atoms with van der Waals surface area (Å²) in [5.41, 5.74) is 1.81. The number of anilines is 1. The van der Waals surface area contributed by atoms with Crippen LogP contribution in [0.1, 0.15) is 0 Å². The van der Waals surface area contributed by atoms with Gasteiger partial charge in [0.05, 0.1) is 16.3 Å². The summed E-state index contributed by atoms with van der Waals surface area (Å²) in [6, 6.07) is 15.5. The Morgan fingerprint density at radius 1 is 1.16 bits per heavy atom. The summed E-state index contributed by atoms with van der Waals surface area (Å²) < 4.78 is 0. The zero-order chi connectivity index (χ0) is 17.8. The number of nitro groups is 1. The largest absolute Gasteiger partial charge is 0.325 e. The van der Waals surface area contributed by atoms with Crippen molar-refractivity contribution in [3.8, 4) is 11.3 Å². The monoisotopic (exact) mass is 335 g/mol. The molecule has 1 aromatic heterocycles. The lowest BCUT2D eigenvalue weighted by Gasteiger charge is -2.12. The number of aromatic nitrogens is 1. The van der Waals surface area contributed by atoms with Crippen LogP contribution >= 0.6 is 0 Å². The number of pyridine rings is 1. The maximum atomic E-state index is 11.3. The van der Waals surface area contributed by atoms with Crippen LogP contribution < -0.4 is 10.6 Å². The van der Waals surface area contributed by atoms with Crippen molar-refractivity contribution >= 4 is 34.6 Å². The summed E-state index contributed by atoms with van der Waals surface area (Å²) in [7, 11) is 0. The average Bonchev–Trinajstić information content (AvgIpc) is 2.62. The van der Waals surface area contributed by atoms with E-state index >= 15 is 0 Å². The first-order chi connectivity index (χ1) is 12.1. The van der Waals surface area contributed by atoms with Gasteiger partial charge in [-0.25, -0.2) is 4.98 Å². The number of carbonyl (C=O) groups excluding carboxylic acids is 1. The Morgan fingerprint density at radius 3 is 2.60 bits per heavy atom. The van der Waals surface area contributed by atoms with Crippen molar-refractivity contribution in [1.29, 1.82) is 5.41 Å². The second kappa shape index (κ2) is 6.75. The molecule has 3 rings (SSSR count). The first kappa shape index (κ1) is 16.1. The van der Waals surface area contributed by atoms with E-state index < -0.39 is 4.92 Å². The second-order valence-corrected chi connectivity index (χ2v) is 5.11. The Balaban J connectivity index is 2.25. The van der Waals surface area contributed by atoms with Crippen molar-refractivity contribution in [3.05, 3.63) is 64.7 Å². The van der Waals surface area contributed by atoms with Crippen molar-refractivity contribution in [2.45, 2.75) is 0 Å². The number of amides is 1. The summed E-state index contributed by atoms with van der Waals surface area (Å²) in [6.07, 6.45) is 0.374. The molecule has 0 fully saturated rings. The van der Waals surface area contributed by atoms with E-state index in [1.165, 1.54) is 6.07 Å². The predicted octanol–water partition coefficient (Wildman–Crippen LogP) is 2.90. The Hall–Kier alpha value is -3.81. The van der Waals surface area contributed by atoms with Crippen LogP contribution in [-0.2, 0) is 4.79 Å². The third-order valence-corrected chi connectivity index (χ3v) is 3.55. The van der Waals surface area contributed by atoms with Crippen LogP contribution in [0.4, 0.5) is 11.4 Å². The highest BCUT2D eigenvalue weighted by Gasteiger charge is 2.17. The lowest BCUT2D eigenvalue weighted by atomic mass is 10.1. The zero-order valence-electron chi connectivity index (χ0n) is 12.9. The molecule has 25 heavy (non-hydrogen) atoms. The number of nitrogens with one attached hydrogen (secondary N) is 3. The van der Waals surface area contributed by atoms with Gasteiger partial charge in [0, 0.05) is 17.0 Å². The fraction of sp³-hybridized carbons (Fsp3) is 0. The average molecular weight is 335 g/mol. The molecular formula is C17H13N5O3. The minimum absolute atomic E-state index is 0.131. The smallest absolute Gasteiger partial charge is 0.295 e. The van der Waals surface area contributed by atoms with Crippen LogP contribution in [0.5, 0.6) is 0 Å². The van der Waals surface area contributed by atoms with Gasteiger partial charge in [0.2, 0.25) is 6.41 Å². The summed E-state index contributed by atoms with van der Waals surface area (Å²) in [5.74, 6) is -0.243. The molecule has 8 nitrogen and oxygen atoms in total. The standard InChI is InChI=1S/C17H13N5O3/c18-17(19-10-23)21-14-9-13(11-5-2-1-3-6-11)20-16-12(14)7-4-8-15(16)22(24)25/h1-10H,(H3,18,19,20,21,23). The van der Waals surface area contributed by atoms with Gasteiger partial charge in [0.1, 0.15) is 0 Å². The number of carbonyl (C=O) groups is 1. The maximum absolute atomic E-state index is 11.3. The number of nitrogens with zero attached hydrogens (tertiary/aromatic N) is 2. The van der Waals surface area contributed by atoms with Crippen molar-refractivity contribution < 1.29 is 9.72 Å². The number of hydrogen-bond acceptors (Lipinski definition) is 5. The van der Waals surface area contributed by atoms with Gasteiger partial charge in [0.25, 0.3) is 5.69 Å². The van der Waals surface area contributed by atoms with E-state index in [-0.39, 0.29) is 17.2 Å². The van der Waals surface area contributed by atoms with Crippen LogP contribution in [0, 0.1) is 15.5 Å².